The Kier molecular flexibility index (Phi) is 10.1. The van der Waals surface area contributed by atoms with Crippen LogP contribution in [0, 0.1) is 11.3 Å². The lowest BCUT2D eigenvalue weighted by molar-refractivity contribution is -0.696. The van der Waals surface area contributed by atoms with E-state index in [4.69, 9.17) is 0 Å². The van der Waals surface area contributed by atoms with Crippen LogP contribution in [0.4, 0.5) is 0 Å². The minimum atomic E-state index is -0.0771. The second kappa shape index (κ2) is 13.2. The molecule has 1 aliphatic carbocycles. The van der Waals surface area contributed by atoms with Gasteiger partial charge in [0.1, 0.15) is 11.9 Å². The Morgan fingerprint density at radius 2 is 1.65 bits per heavy atom. The van der Waals surface area contributed by atoms with Crippen molar-refractivity contribution in [3.63, 3.8) is 0 Å². The van der Waals surface area contributed by atoms with E-state index in [0.717, 1.165) is 49.1 Å². The molecule has 0 radical (unpaired) electrons. The van der Waals surface area contributed by atoms with E-state index in [1.165, 1.54) is 5.57 Å². The summed E-state index contributed by atoms with van der Waals surface area (Å²) in [5, 5.41) is 5.97. The van der Waals surface area contributed by atoms with Gasteiger partial charge in [-0.05, 0) is 39.0 Å². The van der Waals surface area contributed by atoms with Crippen molar-refractivity contribution in [2.45, 2.75) is 59.9 Å². The van der Waals surface area contributed by atoms with E-state index in [2.05, 4.69) is 77.1 Å². The molecular formula is C31H43N4O2+. The molecule has 1 aromatic rings. The highest BCUT2D eigenvalue weighted by molar-refractivity contribution is 5.88. The Labute approximate surface area is 222 Å². The molecule has 37 heavy (non-hydrogen) atoms. The number of carbonyl (C=O) groups excluding carboxylic acids is 2. The minimum absolute atomic E-state index is 0.0194. The van der Waals surface area contributed by atoms with Crippen LogP contribution in [0.1, 0.15) is 52.7 Å². The summed E-state index contributed by atoms with van der Waals surface area (Å²) in [6, 6.07) is 0. The van der Waals surface area contributed by atoms with Crippen molar-refractivity contribution in [2.75, 3.05) is 13.1 Å². The topological polar surface area (TPSA) is 67.0 Å². The number of nitrogens with zero attached hydrogens (tertiary/aromatic N) is 2. The molecule has 0 spiro atoms. The van der Waals surface area contributed by atoms with E-state index in [-0.39, 0.29) is 23.1 Å². The van der Waals surface area contributed by atoms with Crippen molar-refractivity contribution < 1.29 is 14.2 Å². The van der Waals surface area contributed by atoms with Gasteiger partial charge < -0.3 is 10.6 Å². The van der Waals surface area contributed by atoms with Crippen molar-refractivity contribution >= 4 is 11.8 Å². The maximum atomic E-state index is 12.4. The summed E-state index contributed by atoms with van der Waals surface area (Å²) in [4.78, 5) is 24.7. The number of nitrogens with one attached hydrogen (secondary N) is 2. The zero-order valence-corrected chi connectivity index (χ0v) is 23.1. The highest BCUT2D eigenvalue weighted by Gasteiger charge is 2.31. The van der Waals surface area contributed by atoms with Gasteiger partial charge in [0.05, 0.1) is 13.6 Å². The van der Waals surface area contributed by atoms with E-state index < -0.39 is 0 Å². The Morgan fingerprint density at radius 1 is 0.946 bits per heavy atom. The highest BCUT2D eigenvalue weighted by atomic mass is 16.2. The summed E-state index contributed by atoms with van der Waals surface area (Å²) in [5.74, 6) is 0.0933. The minimum Gasteiger partial charge on any atom is -0.352 e. The number of amides is 2. The fraction of sp³-hybridized carbons (Fsp3) is 0.452. The van der Waals surface area contributed by atoms with Gasteiger partial charge in [0.25, 0.3) is 0 Å². The van der Waals surface area contributed by atoms with Crippen LogP contribution in [-0.4, -0.2) is 29.5 Å². The SMILES string of the molecule is CC1=C[C@@H]2/C=C(C)/C=C/C(=O)NCCc3c[n+](cn3C)CCCNC(=O)/C=C/C(C)=C/C=C/[C@@]2(C)CC1. The predicted octanol–water partition coefficient (Wildman–Crippen LogP) is 4.42. The molecule has 2 aliphatic rings. The Morgan fingerprint density at radius 3 is 2.41 bits per heavy atom. The third-order valence-corrected chi connectivity index (χ3v) is 7.22. The number of imidazole rings is 1. The molecule has 6 heteroatoms. The Bertz CT molecular complexity index is 1160. The molecule has 6 nitrogen and oxygen atoms in total. The van der Waals surface area contributed by atoms with Crippen LogP contribution in [0.2, 0.25) is 0 Å². The Balaban J connectivity index is 1.82. The summed E-state index contributed by atoms with van der Waals surface area (Å²) in [7, 11) is 2.01. The number of allylic oxidation sites excluding steroid dienone is 10. The first-order chi connectivity index (χ1) is 17.6. The molecular weight excluding hydrogens is 460 g/mol. The van der Waals surface area contributed by atoms with Crippen LogP contribution in [0.3, 0.4) is 0 Å². The number of hydrogen-bond acceptors (Lipinski definition) is 2. The van der Waals surface area contributed by atoms with Gasteiger partial charge in [-0.25, -0.2) is 9.13 Å². The van der Waals surface area contributed by atoms with E-state index in [0.29, 0.717) is 13.1 Å². The largest absolute Gasteiger partial charge is 0.352 e. The van der Waals surface area contributed by atoms with Gasteiger partial charge >= 0.3 is 0 Å². The standard InChI is InChI=1S/C31H42N4O2/c1-24-8-6-15-31(4)16-13-26(3)21-27(31)20-25(2)10-12-30(37)33-18-14-28-22-35(23-34(28)5)19-7-17-32-29(36)11-9-24/h6,8-12,15,20-23,27H,7,13-14,16-19H2,1-5H3,(H-,32,33,36,37)/p+1/b11-9+,12-10+,15-6+,24-8+,25-20+/t27-,31-/m0/s1. The van der Waals surface area contributed by atoms with Crippen molar-refractivity contribution in [3.05, 3.63) is 89.6 Å². The van der Waals surface area contributed by atoms with Gasteiger partial charge in [-0.1, -0.05) is 66.2 Å². The number of fused-ring (bicyclic) bond motifs is 3. The van der Waals surface area contributed by atoms with Crippen LogP contribution in [0.5, 0.6) is 0 Å². The Hall–Kier alpha value is -3.41. The fourth-order valence-electron chi connectivity index (χ4n) is 4.76. The van der Waals surface area contributed by atoms with Crippen molar-refractivity contribution in [1.82, 2.24) is 15.2 Å². The molecule has 2 amide bonds. The number of aryl methyl sites for hydroxylation is 2. The van der Waals surface area contributed by atoms with Gasteiger partial charge in [0.2, 0.25) is 18.1 Å². The second-order valence-corrected chi connectivity index (χ2v) is 10.7. The predicted molar refractivity (Wildman–Crippen MR) is 149 cm³/mol. The van der Waals surface area contributed by atoms with Gasteiger partial charge in [-0.3, -0.25) is 9.59 Å². The lowest BCUT2D eigenvalue weighted by Crippen LogP contribution is -2.34. The molecule has 0 fully saturated rings. The zero-order valence-electron chi connectivity index (χ0n) is 23.1. The fourth-order valence-corrected chi connectivity index (χ4v) is 4.76. The van der Waals surface area contributed by atoms with Crippen LogP contribution < -0.4 is 15.2 Å². The third kappa shape index (κ3) is 8.88. The second-order valence-electron chi connectivity index (χ2n) is 10.7. The van der Waals surface area contributed by atoms with E-state index in [9.17, 15) is 9.59 Å². The third-order valence-electron chi connectivity index (χ3n) is 7.22. The van der Waals surface area contributed by atoms with Gasteiger partial charge in [0, 0.05) is 44.0 Å². The normalized spacial score (nSPS) is 30.1. The van der Waals surface area contributed by atoms with Gasteiger partial charge in [-0.15, -0.1) is 0 Å². The summed E-state index contributed by atoms with van der Waals surface area (Å²) in [6.07, 6.45) is 26.0. The monoisotopic (exact) mass is 503 g/mol. The summed E-state index contributed by atoms with van der Waals surface area (Å²) < 4.78 is 4.21. The molecule has 3 rings (SSSR count). The first-order valence-corrected chi connectivity index (χ1v) is 13.3. The van der Waals surface area contributed by atoms with E-state index in [1.807, 2.05) is 32.5 Å². The number of carbonyl (C=O) groups is 2. The molecule has 0 aromatic carbocycles. The smallest absolute Gasteiger partial charge is 0.244 e. The summed E-state index contributed by atoms with van der Waals surface area (Å²) >= 11 is 0. The maximum Gasteiger partial charge on any atom is 0.244 e. The van der Waals surface area contributed by atoms with Crippen LogP contribution in [-0.2, 0) is 29.6 Å². The van der Waals surface area contributed by atoms with Gasteiger partial charge in [-0.2, -0.15) is 0 Å². The lowest BCUT2D eigenvalue weighted by atomic mass is 9.68. The van der Waals surface area contributed by atoms with Crippen molar-refractivity contribution in [1.29, 1.82) is 0 Å². The zero-order chi connectivity index (χ0) is 26.8. The van der Waals surface area contributed by atoms with Crippen LogP contribution in [0.15, 0.2) is 83.9 Å². The number of aromatic nitrogens is 2. The first kappa shape index (κ1) is 28.2. The molecule has 1 aromatic heterocycles. The average molecular weight is 504 g/mol. The molecule has 2 atom stereocenters. The molecule has 2 bridgehead atoms. The number of rotatable bonds is 0. The van der Waals surface area contributed by atoms with Crippen molar-refractivity contribution in [3.8, 4) is 0 Å². The maximum absolute atomic E-state index is 12.4. The highest BCUT2D eigenvalue weighted by Crippen LogP contribution is 2.42. The molecule has 198 valence electrons. The molecule has 2 N–H and O–H groups in total. The van der Waals surface area contributed by atoms with Crippen LogP contribution >= 0.6 is 0 Å². The molecule has 0 saturated carbocycles. The van der Waals surface area contributed by atoms with Gasteiger partial charge in [0.15, 0.2) is 0 Å². The first-order valence-electron chi connectivity index (χ1n) is 13.3. The summed E-state index contributed by atoms with van der Waals surface area (Å²) in [5.41, 5.74) is 4.63. The van der Waals surface area contributed by atoms with Crippen LogP contribution in [0.25, 0.3) is 0 Å². The lowest BCUT2D eigenvalue weighted by Gasteiger charge is -2.36. The molecule has 0 saturated heterocycles. The number of hydrogen-bond donors (Lipinski definition) is 2. The van der Waals surface area contributed by atoms with E-state index >= 15 is 0 Å². The average Bonchev–Trinajstić information content (AvgIpc) is 3.20. The summed E-state index contributed by atoms with van der Waals surface area (Å²) in [6.45, 7) is 10.6. The molecule has 0 unspecified atom stereocenters. The van der Waals surface area contributed by atoms with Crippen molar-refractivity contribution in [2.24, 2.45) is 18.4 Å². The van der Waals surface area contributed by atoms with E-state index in [1.54, 1.807) is 12.2 Å². The quantitative estimate of drug-likeness (QED) is 0.407. The molecule has 1 aliphatic heterocycles. The molecule has 2 heterocycles.